The van der Waals surface area contributed by atoms with Gasteiger partial charge in [0.15, 0.2) is 6.54 Å². The van der Waals surface area contributed by atoms with Crippen molar-refractivity contribution >= 4 is 28.9 Å². The SMILES string of the molecule is CCCCCCC1(C)Cc2cc(NC(=O)C(CC(C)C)NC(=C3CC3)c3cc(NC(=O)C[NH2+]C(C)C)ccc3CCCCCCN)ccc21. The van der Waals surface area contributed by atoms with Crippen molar-refractivity contribution in [2.45, 2.75) is 149 Å². The van der Waals surface area contributed by atoms with Crippen LogP contribution >= 0.6 is 0 Å². The average Bonchev–Trinajstić information content (AvgIpc) is 3.89. The number of rotatable bonds is 22. The van der Waals surface area contributed by atoms with Gasteiger partial charge in [0.1, 0.15) is 6.04 Å². The van der Waals surface area contributed by atoms with Crippen molar-refractivity contribution in [3.05, 3.63) is 64.2 Å². The molecule has 270 valence electrons. The second kappa shape index (κ2) is 18.7. The molecule has 0 saturated heterocycles. The maximum atomic E-state index is 14.0. The number of benzene rings is 2. The average molecular weight is 673 g/mol. The Morgan fingerprint density at radius 2 is 1.61 bits per heavy atom. The Bertz CT molecular complexity index is 1420. The molecule has 2 amide bonds. The number of amides is 2. The van der Waals surface area contributed by atoms with Gasteiger partial charge in [-0.05, 0) is 130 Å². The zero-order valence-corrected chi connectivity index (χ0v) is 31.5. The number of quaternary nitrogens is 1. The van der Waals surface area contributed by atoms with E-state index in [9.17, 15) is 9.59 Å². The lowest BCUT2D eigenvalue weighted by Gasteiger charge is -2.42. The van der Waals surface area contributed by atoms with E-state index in [1.807, 2.05) is 11.4 Å². The van der Waals surface area contributed by atoms with Crippen molar-refractivity contribution in [2.75, 3.05) is 23.7 Å². The fourth-order valence-electron chi connectivity index (χ4n) is 7.24. The number of unbranched alkanes of at least 4 members (excludes halogenated alkanes) is 6. The summed E-state index contributed by atoms with van der Waals surface area (Å²) in [6.07, 6.45) is 15.6. The molecule has 0 spiro atoms. The molecule has 7 nitrogen and oxygen atoms in total. The third kappa shape index (κ3) is 11.7. The molecule has 7 N–H and O–H groups in total. The van der Waals surface area contributed by atoms with Gasteiger partial charge in [-0.25, -0.2) is 0 Å². The van der Waals surface area contributed by atoms with E-state index >= 15 is 0 Å². The van der Waals surface area contributed by atoms with Gasteiger partial charge in [-0.2, -0.15) is 0 Å². The maximum absolute atomic E-state index is 14.0. The van der Waals surface area contributed by atoms with E-state index in [1.165, 1.54) is 54.4 Å². The van der Waals surface area contributed by atoms with Gasteiger partial charge in [-0.15, -0.1) is 0 Å². The van der Waals surface area contributed by atoms with E-state index in [2.05, 4.69) is 87.8 Å². The highest BCUT2D eigenvalue weighted by Crippen LogP contribution is 2.45. The third-order valence-electron chi connectivity index (χ3n) is 10.2. The monoisotopic (exact) mass is 673 g/mol. The zero-order chi connectivity index (χ0) is 35.4. The summed E-state index contributed by atoms with van der Waals surface area (Å²) < 4.78 is 0. The summed E-state index contributed by atoms with van der Waals surface area (Å²) in [4.78, 5) is 26.8. The molecule has 2 aliphatic rings. The summed E-state index contributed by atoms with van der Waals surface area (Å²) in [6, 6.07) is 12.8. The van der Waals surface area contributed by atoms with Crippen LogP contribution in [0.25, 0.3) is 5.70 Å². The number of anilines is 2. The molecule has 49 heavy (non-hydrogen) atoms. The number of aryl methyl sites for hydroxylation is 1. The predicted octanol–water partition coefficient (Wildman–Crippen LogP) is 7.59. The maximum Gasteiger partial charge on any atom is 0.279 e. The summed E-state index contributed by atoms with van der Waals surface area (Å²) in [5.41, 5.74) is 15.3. The van der Waals surface area contributed by atoms with Gasteiger partial charge in [0.25, 0.3) is 5.91 Å². The summed E-state index contributed by atoms with van der Waals surface area (Å²) >= 11 is 0. The second-order valence-electron chi connectivity index (χ2n) is 15.8. The molecule has 0 aromatic heterocycles. The number of nitrogens with two attached hydrogens (primary N) is 2. The summed E-state index contributed by atoms with van der Waals surface area (Å²) in [5.74, 6) is 0.338. The zero-order valence-electron chi connectivity index (χ0n) is 31.5. The van der Waals surface area contributed by atoms with Gasteiger partial charge in [0.05, 0.1) is 6.04 Å². The van der Waals surface area contributed by atoms with Gasteiger partial charge in [0, 0.05) is 22.6 Å². The highest BCUT2D eigenvalue weighted by molar-refractivity contribution is 5.96. The van der Waals surface area contributed by atoms with E-state index in [1.54, 1.807) is 0 Å². The van der Waals surface area contributed by atoms with Crippen LogP contribution in [-0.2, 0) is 27.8 Å². The molecule has 2 aliphatic carbocycles. The van der Waals surface area contributed by atoms with E-state index in [4.69, 9.17) is 5.73 Å². The Labute approximate surface area is 297 Å². The molecule has 0 radical (unpaired) electrons. The fraction of sp³-hybridized carbons (Fsp3) is 0.619. The molecule has 0 bridgehead atoms. The first kappa shape index (κ1) is 38.6. The molecule has 2 unspecified atom stereocenters. The summed E-state index contributed by atoms with van der Waals surface area (Å²) in [5, 5.41) is 12.2. The Morgan fingerprint density at radius 3 is 2.29 bits per heavy atom. The Hall–Kier alpha value is -3.16. The number of carbonyl (C=O) groups is 2. The van der Waals surface area contributed by atoms with Crippen molar-refractivity contribution in [1.82, 2.24) is 5.32 Å². The molecular weight excluding hydrogens is 606 g/mol. The fourth-order valence-corrected chi connectivity index (χ4v) is 7.24. The van der Waals surface area contributed by atoms with Crippen LogP contribution in [0.15, 0.2) is 42.0 Å². The first-order valence-corrected chi connectivity index (χ1v) is 19.4. The quantitative estimate of drug-likeness (QED) is 0.0830. The topological polar surface area (TPSA) is 113 Å². The first-order valence-electron chi connectivity index (χ1n) is 19.4. The summed E-state index contributed by atoms with van der Waals surface area (Å²) in [6.45, 7) is 14.3. The van der Waals surface area contributed by atoms with Crippen LogP contribution in [0.2, 0.25) is 0 Å². The lowest BCUT2D eigenvalue weighted by molar-refractivity contribution is -0.672. The van der Waals surface area contributed by atoms with Crippen molar-refractivity contribution in [3.63, 3.8) is 0 Å². The number of nitrogens with one attached hydrogen (secondary N) is 3. The second-order valence-corrected chi connectivity index (χ2v) is 15.8. The highest BCUT2D eigenvalue weighted by Gasteiger charge is 2.38. The van der Waals surface area contributed by atoms with Crippen LogP contribution in [0.3, 0.4) is 0 Å². The molecule has 1 fully saturated rings. The predicted molar refractivity (Wildman–Crippen MR) is 206 cm³/mol. The van der Waals surface area contributed by atoms with Crippen molar-refractivity contribution in [1.29, 1.82) is 0 Å². The molecule has 0 heterocycles. The van der Waals surface area contributed by atoms with Gasteiger partial charge in [0.2, 0.25) is 5.91 Å². The lowest BCUT2D eigenvalue weighted by atomic mass is 9.63. The van der Waals surface area contributed by atoms with Crippen LogP contribution in [0.1, 0.15) is 141 Å². The number of hydrogen-bond donors (Lipinski definition) is 5. The van der Waals surface area contributed by atoms with Gasteiger partial charge < -0.3 is 27.0 Å². The molecule has 7 heteroatoms. The molecule has 4 rings (SSSR count). The molecule has 2 aromatic rings. The van der Waals surface area contributed by atoms with Crippen molar-refractivity contribution in [3.8, 4) is 0 Å². The third-order valence-corrected chi connectivity index (χ3v) is 10.2. The molecule has 2 aromatic carbocycles. The minimum atomic E-state index is -0.380. The van der Waals surface area contributed by atoms with Crippen LogP contribution in [0.5, 0.6) is 0 Å². The number of carbonyl (C=O) groups excluding carboxylic acids is 2. The lowest BCUT2D eigenvalue weighted by Crippen LogP contribution is -2.90. The van der Waals surface area contributed by atoms with Crippen LogP contribution < -0.4 is 27.0 Å². The Kier molecular flexibility index (Phi) is 14.8. The van der Waals surface area contributed by atoms with E-state index in [0.717, 1.165) is 87.0 Å². The summed E-state index contributed by atoms with van der Waals surface area (Å²) in [7, 11) is 0. The largest absolute Gasteiger partial charge is 0.373 e. The normalized spacial score (nSPS) is 17.0. The van der Waals surface area contributed by atoms with Crippen LogP contribution in [-0.4, -0.2) is 37.0 Å². The Balaban J connectivity index is 1.52. The highest BCUT2D eigenvalue weighted by atomic mass is 16.2. The number of fused-ring (bicyclic) bond motifs is 1. The Morgan fingerprint density at radius 1 is 0.898 bits per heavy atom. The minimum absolute atomic E-state index is 0.00446. The number of allylic oxidation sites excluding steroid dienone is 1. The van der Waals surface area contributed by atoms with Gasteiger partial charge in [-0.3, -0.25) is 9.59 Å². The van der Waals surface area contributed by atoms with E-state index in [-0.39, 0.29) is 23.3 Å². The van der Waals surface area contributed by atoms with Gasteiger partial charge >= 0.3 is 0 Å². The minimum Gasteiger partial charge on any atom is -0.373 e. The standard InChI is InChI=1S/C42H65N5O2/c1-7-8-9-13-22-42(6)27-33-25-34(20-21-37(33)42)46-41(49)38(24-29(2)3)47-40(32-16-17-32)36-26-35(45-39(48)28-44-30(4)5)19-18-31(36)15-12-10-11-14-23-43/h18-21,25-26,29-30,38,44,47H,7-17,22-24,27-28,43H2,1-6H3,(H,45,48)(H,46,49)/p+1. The first-order chi connectivity index (χ1) is 23.5. The van der Waals surface area contributed by atoms with Crippen LogP contribution in [0, 0.1) is 5.92 Å². The molecule has 1 saturated carbocycles. The van der Waals surface area contributed by atoms with E-state index in [0.29, 0.717) is 18.5 Å². The number of hydrogen-bond acceptors (Lipinski definition) is 4. The van der Waals surface area contributed by atoms with Gasteiger partial charge in [-0.1, -0.05) is 78.4 Å². The van der Waals surface area contributed by atoms with Crippen molar-refractivity contribution in [2.24, 2.45) is 11.7 Å². The molecule has 0 aliphatic heterocycles. The van der Waals surface area contributed by atoms with Crippen LogP contribution in [0.4, 0.5) is 11.4 Å². The van der Waals surface area contributed by atoms with Crippen molar-refractivity contribution < 1.29 is 14.9 Å². The molecular formula is C42H66N5O2+. The molecule has 2 atom stereocenters. The van der Waals surface area contributed by atoms with E-state index < -0.39 is 0 Å². The smallest absolute Gasteiger partial charge is 0.279 e.